The van der Waals surface area contributed by atoms with E-state index in [2.05, 4.69) is 10.6 Å². The zero-order chi connectivity index (χ0) is 14.7. The number of nitrogens with zero attached hydrogens (tertiary/aromatic N) is 4. The van der Waals surface area contributed by atoms with Gasteiger partial charge in [-0.25, -0.2) is 0 Å². The second-order valence-electron chi connectivity index (χ2n) is 4.45. The average Bonchev–Trinajstić information content (AvgIpc) is 2.97. The van der Waals surface area contributed by atoms with Gasteiger partial charge in [-0.3, -0.25) is 0 Å². The molecule has 2 aromatic rings. The lowest BCUT2D eigenvalue weighted by Gasteiger charge is -2.18. The summed E-state index contributed by atoms with van der Waals surface area (Å²) >= 11 is 5.85. The smallest absolute Gasteiger partial charge is 0.257 e. The molecule has 2 heterocycles. The number of benzene rings is 1. The molecule has 21 heavy (non-hydrogen) atoms. The number of carbonyl (C=O) groups is 1. The van der Waals surface area contributed by atoms with Crippen molar-refractivity contribution in [2.45, 2.75) is 0 Å². The Morgan fingerprint density at radius 3 is 2.95 bits per heavy atom. The minimum absolute atomic E-state index is 0.145. The summed E-state index contributed by atoms with van der Waals surface area (Å²) < 4.78 is 10.3. The highest BCUT2D eigenvalue weighted by atomic mass is 35.5. The average molecular weight is 309 g/mol. The Hall–Kier alpha value is -2.12. The second kappa shape index (κ2) is 6.11. The van der Waals surface area contributed by atoms with Crippen molar-refractivity contribution in [2.24, 2.45) is 0 Å². The summed E-state index contributed by atoms with van der Waals surface area (Å²) in [6, 6.07) is 6.59. The van der Waals surface area contributed by atoms with Gasteiger partial charge in [0.25, 0.3) is 6.20 Å². The molecule has 1 aliphatic heterocycles. The van der Waals surface area contributed by atoms with Crippen LogP contribution in [0.15, 0.2) is 35.0 Å². The molecule has 110 valence electrons. The monoisotopic (exact) mass is 308 g/mol. The van der Waals surface area contributed by atoms with Gasteiger partial charge in [0.15, 0.2) is 0 Å². The highest BCUT2D eigenvalue weighted by molar-refractivity contribution is 6.31. The van der Waals surface area contributed by atoms with Gasteiger partial charge in [0.05, 0.1) is 37.0 Å². The zero-order valence-electron chi connectivity index (χ0n) is 11.1. The van der Waals surface area contributed by atoms with E-state index < -0.39 is 5.91 Å². The fourth-order valence-corrected chi connectivity index (χ4v) is 2.15. The van der Waals surface area contributed by atoms with E-state index in [0.29, 0.717) is 36.9 Å². The minimum atomic E-state index is -0.428. The maximum absolute atomic E-state index is 12.0. The number of aromatic nitrogens is 2. The van der Waals surface area contributed by atoms with Gasteiger partial charge in [-0.1, -0.05) is 23.7 Å². The van der Waals surface area contributed by atoms with E-state index in [-0.39, 0.29) is 5.88 Å². The van der Waals surface area contributed by atoms with Gasteiger partial charge >= 0.3 is 0 Å². The fraction of sp³-hybridized carbons (Fsp3) is 0.308. The first-order valence-corrected chi connectivity index (χ1v) is 6.83. The van der Waals surface area contributed by atoms with Gasteiger partial charge in [-0.2, -0.15) is 0 Å². The number of rotatable bonds is 3. The molecule has 1 aromatic carbocycles. The Morgan fingerprint density at radius 1 is 1.38 bits per heavy atom. The zero-order valence-corrected chi connectivity index (χ0v) is 11.9. The first kappa shape index (κ1) is 13.8. The van der Waals surface area contributed by atoms with Crippen LogP contribution in [0.3, 0.4) is 0 Å². The lowest BCUT2D eigenvalue weighted by atomic mass is 10.2. The van der Waals surface area contributed by atoms with E-state index in [1.807, 2.05) is 5.01 Å². The summed E-state index contributed by atoms with van der Waals surface area (Å²) in [6.45, 7) is 2.68. The van der Waals surface area contributed by atoms with E-state index in [0.717, 1.165) is 0 Å². The molecule has 1 aliphatic rings. The molecule has 1 amide bonds. The molecular formula is C13H13ClN4O3. The molecule has 7 nitrogen and oxygen atoms in total. The van der Waals surface area contributed by atoms with Crippen molar-refractivity contribution in [3.63, 3.8) is 0 Å². The minimum Gasteiger partial charge on any atom is -0.584 e. The molecule has 3 rings (SSSR count). The maximum Gasteiger partial charge on any atom is 0.257 e. The van der Waals surface area contributed by atoms with Crippen LogP contribution in [0.1, 0.15) is 10.4 Å². The van der Waals surface area contributed by atoms with Crippen molar-refractivity contribution in [3.05, 3.63) is 46.4 Å². The summed E-state index contributed by atoms with van der Waals surface area (Å²) in [7, 11) is 0. The van der Waals surface area contributed by atoms with Gasteiger partial charge in [0.1, 0.15) is 5.88 Å². The van der Waals surface area contributed by atoms with Crippen molar-refractivity contribution < 1.29 is 18.8 Å². The molecule has 1 fully saturated rings. The predicted octanol–water partition coefficient (Wildman–Crippen LogP) is 1.43. The predicted molar refractivity (Wildman–Crippen MR) is 74.3 cm³/mol. The third-order valence-corrected chi connectivity index (χ3v) is 3.24. The van der Waals surface area contributed by atoms with Gasteiger partial charge in [-0.05, 0) is 12.1 Å². The SMILES string of the molecule is O=C([N-]c1c[n+](N2CCOCC2)no1)c1cccc(Cl)c1. The maximum atomic E-state index is 12.0. The van der Waals surface area contributed by atoms with Crippen LogP contribution in [0, 0.1) is 0 Å². The molecule has 1 aromatic heterocycles. The van der Waals surface area contributed by atoms with Gasteiger partial charge in [-0.15, -0.1) is 5.01 Å². The second-order valence-corrected chi connectivity index (χ2v) is 4.89. The summed E-state index contributed by atoms with van der Waals surface area (Å²) in [6.07, 6.45) is 1.56. The number of carbonyl (C=O) groups excluding carboxylic acids is 1. The van der Waals surface area contributed by atoms with Gasteiger partial charge in [0, 0.05) is 10.6 Å². The molecule has 0 radical (unpaired) electrons. The Morgan fingerprint density at radius 2 is 2.19 bits per heavy atom. The quantitative estimate of drug-likeness (QED) is 0.802. The molecule has 1 saturated heterocycles. The Kier molecular flexibility index (Phi) is 4.03. The first-order chi connectivity index (χ1) is 10.2. The third kappa shape index (κ3) is 3.32. The number of amides is 1. The van der Waals surface area contributed by atoms with Crippen molar-refractivity contribution in [2.75, 3.05) is 31.3 Å². The first-order valence-electron chi connectivity index (χ1n) is 6.46. The van der Waals surface area contributed by atoms with Crippen LogP contribution >= 0.6 is 11.6 Å². The Balaban J connectivity index is 1.68. The largest absolute Gasteiger partial charge is 0.584 e. The van der Waals surface area contributed by atoms with Crippen LogP contribution in [-0.2, 0) is 4.74 Å². The van der Waals surface area contributed by atoms with E-state index in [9.17, 15) is 4.79 Å². The molecule has 0 bridgehead atoms. The number of ether oxygens (including phenoxy) is 1. The lowest BCUT2D eigenvalue weighted by Crippen LogP contribution is -2.62. The molecule has 0 saturated carbocycles. The topological polar surface area (TPSA) is 73.6 Å². The molecule has 8 heteroatoms. The van der Waals surface area contributed by atoms with Crippen LogP contribution < -0.4 is 9.80 Å². The number of morpholine rings is 1. The molecule has 0 atom stereocenters. The molecule has 0 N–H and O–H groups in total. The Labute approximate surface area is 126 Å². The van der Waals surface area contributed by atoms with Crippen LogP contribution in [0.4, 0.5) is 5.88 Å². The molecular weight excluding hydrogens is 296 g/mol. The van der Waals surface area contributed by atoms with Crippen molar-refractivity contribution in [3.8, 4) is 0 Å². The van der Waals surface area contributed by atoms with Crippen LogP contribution in [0.2, 0.25) is 5.02 Å². The van der Waals surface area contributed by atoms with Gasteiger partial charge < -0.3 is 19.4 Å². The fourth-order valence-electron chi connectivity index (χ4n) is 1.96. The highest BCUT2D eigenvalue weighted by Crippen LogP contribution is 2.20. The van der Waals surface area contributed by atoms with Crippen molar-refractivity contribution in [1.29, 1.82) is 0 Å². The normalized spacial score (nSPS) is 15.0. The molecule has 0 unspecified atom stereocenters. The summed E-state index contributed by atoms with van der Waals surface area (Å²) in [5, 5.41) is 10.1. The van der Waals surface area contributed by atoms with E-state index in [4.69, 9.17) is 20.9 Å². The van der Waals surface area contributed by atoms with Crippen molar-refractivity contribution in [1.82, 2.24) is 5.27 Å². The number of hydrogen-bond acceptors (Lipinski definition) is 5. The van der Waals surface area contributed by atoms with Crippen molar-refractivity contribution >= 4 is 23.4 Å². The molecule has 0 aliphatic carbocycles. The lowest BCUT2D eigenvalue weighted by molar-refractivity contribution is -0.759. The highest BCUT2D eigenvalue weighted by Gasteiger charge is 2.21. The van der Waals surface area contributed by atoms with E-state index in [1.165, 1.54) is 4.79 Å². The summed E-state index contributed by atoms with van der Waals surface area (Å²) in [4.78, 5) is 13.5. The number of halogens is 1. The van der Waals surface area contributed by atoms with E-state index >= 15 is 0 Å². The van der Waals surface area contributed by atoms with E-state index in [1.54, 1.807) is 30.5 Å². The summed E-state index contributed by atoms with van der Waals surface area (Å²) in [5.41, 5.74) is 0.400. The molecule has 0 spiro atoms. The van der Waals surface area contributed by atoms with Crippen LogP contribution in [0.25, 0.3) is 5.32 Å². The Bertz CT molecular complexity index is 640. The van der Waals surface area contributed by atoms with Crippen LogP contribution in [-0.4, -0.2) is 37.5 Å². The van der Waals surface area contributed by atoms with Crippen LogP contribution in [0.5, 0.6) is 0 Å². The summed E-state index contributed by atoms with van der Waals surface area (Å²) in [5.74, 6) is -0.283. The standard InChI is InChI=1S/C13H13ClN4O3/c14-11-3-1-2-10(8-11)13(19)15-12-9-18(16-21-12)17-4-6-20-7-5-17/h1-3,8-9H,4-7H2. The van der Waals surface area contributed by atoms with Gasteiger partial charge in [0.2, 0.25) is 5.27 Å². The number of hydrogen-bond donors (Lipinski definition) is 0. The third-order valence-electron chi connectivity index (χ3n) is 3.00.